The van der Waals surface area contributed by atoms with Gasteiger partial charge in [0.2, 0.25) is 0 Å². The van der Waals surface area contributed by atoms with Crippen LogP contribution in [0.4, 0.5) is 5.69 Å². The van der Waals surface area contributed by atoms with E-state index >= 15 is 0 Å². The minimum absolute atomic E-state index is 0. The number of alkyl halides is 1. The molecule has 1 aromatic carbocycles. The second-order valence-corrected chi connectivity index (χ2v) is 3.76. The Bertz CT molecular complexity index is 258. The van der Waals surface area contributed by atoms with Crippen molar-refractivity contribution in [1.82, 2.24) is 0 Å². The molecule has 0 aliphatic rings. The van der Waals surface area contributed by atoms with Gasteiger partial charge in [0.05, 0.1) is 0 Å². The van der Waals surface area contributed by atoms with Crippen molar-refractivity contribution in [2.24, 2.45) is 5.73 Å². The highest BCUT2D eigenvalue weighted by molar-refractivity contribution is 6.30. The quantitative estimate of drug-likeness (QED) is 0.833. The van der Waals surface area contributed by atoms with Crippen molar-refractivity contribution < 1.29 is 0 Å². The summed E-state index contributed by atoms with van der Waals surface area (Å²) in [6.07, 6.45) is 0. The van der Waals surface area contributed by atoms with Gasteiger partial charge in [0, 0.05) is 36.2 Å². The predicted octanol–water partition coefficient (Wildman–Crippen LogP) is 2.77. The first-order valence-corrected chi connectivity index (χ1v) is 5.45. The van der Waals surface area contributed by atoms with Crippen molar-refractivity contribution in [3.63, 3.8) is 0 Å². The maximum atomic E-state index is 5.80. The van der Waals surface area contributed by atoms with Gasteiger partial charge in [-0.1, -0.05) is 11.6 Å². The van der Waals surface area contributed by atoms with Gasteiger partial charge in [-0.05, 0) is 24.3 Å². The highest BCUT2D eigenvalue weighted by atomic mass is 35.5. The third kappa shape index (κ3) is 4.94. The van der Waals surface area contributed by atoms with Gasteiger partial charge in [-0.3, -0.25) is 0 Å². The summed E-state index contributed by atoms with van der Waals surface area (Å²) in [5.41, 5.74) is 6.63. The number of hydrogen-bond donors (Lipinski definition) is 1. The van der Waals surface area contributed by atoms with E-state index in [2.05, 4.69) is 4.90 Å². The maximum absolute atomic E-state index is 5.80. The highest BCUT2D eigenvalue weighted by Crippen LogP contribution is 2.17. The molecule has 15 heavy (non-hydrogen) atoms. The summed E-state index contributed by atoms with van der Waals surface area (Å²) in [5, 5.41) is 0.743. The molecule has 0 saturated carbocycles. The first kappa shape index (κ1) is 14.8. The van der Waals surface area contributed by atoms with E-state index in [9.17, 15) is 0 Å². The lowest BCUT2D eigenvalue weighted by Crippen LogP contribution is -2.31. The summed E-state index contributed by atoms with van der Waals surface area (Å²) >= 11 is 11.5. The molecule has 2 N–H and O–H groups in total. The van der Waals surface area contributed by atoms with Crippen LogP contribution in [0, 0.1) is 0 Å². The van der Waals surface area contributed by atoms with Crippen LogP contribution in [0.15, 0.2) is 24.3 Å². The lowest BCUT2D eigenvalue weighted by Gasteiger charge is -2.23. The van der Waals surface area contributed by atoms with Crippen LogP contribution in [-0.2, 0) is 0 Å². The summed E-state index contributed by atoms with van der Waals surface area (Å²) in [4.78, 5) is 2.14. The van der Waals surface area contributed by atoms with Crippen molar-refractivity contribution in [1.29, 1.82) is 0 Å². The number of anilines is 1. The number of nitrogens with two attached hydrogens (primary N) is 1. The van der Waals surface area contributed by atoms with Gasteiger partial charge in [0.25, 0.3) is 0 Å². The Morgan fingerprint density at radius 3 is 2.20 bits per heavy atom. The number of halogens is 3. The zero-order valence-corrected chi connectivity index (χ0v) is 10.7. The van der Waals surface area contributed by atoms with Crippen LogP contribution in [0.5, 0.6) is 0 Å². The third-order valence-corrected chi connectivity index (χ3v) is 2.37. The Morgan fingerprint density at radius 1 is 1.13 bits per heavy atom. The average Bonchev–Trinajstić information content (AvgIpc) is 2.19. The van der Waals surface area contributed by atoms with E-state index in [1.165, 1.54) is 0 Å². The standard InChI is InChI=1S/C10H14Cl2N2.ClH/c11-5-7-14(8-6-13)10-3-1-9(12)2-4-10;/h1-4H,5-8,13H2;1H. The summed E-state index contributed by atoms with van der Waals surface area (Å²) in [5.74, 6) is 0.600. The van der Waals surface area contributed by atoms with E-state index < -0.39 is 0 Å². The third-order valence-electron chi connectivity index (χ3n) is 1.95. The van der Waals surface area contributed by atoms with Gasteiger partial charge in [-0.25, -0.2) is 0 Å². The summed E-state index contributed by atoms with van der Waals surface area (Å²) in [6.45, 7) is 2.24. The Labute approximate surface area is 107 Å². The number of hydrogen-bond acceptors (Lipinski definition) is 2. The fraction of sp³-hybridized carbons (Fsp3) is 0.400. The average molecular weight is 270 g/mol. The maximum Gasteiger partial charge on any atom is 0.0407 e. The van der Waals surface area contributed by atoms with E-state index in [0.717, 1.165) is 23.8 Å². The number of rotatable bonds is 5. The van der Waals surface area contributed by atoms with Gasteiger partial charge >= 0.3 is 0 Å². The normalized spacial score (nSPS) is 9.53. The zero-order valence-electron chi connectivity index (χ0n) is 8.33. The molecular formula is C10H15Cl3N2. The zero-order chi connectivity index (χ0) is 10.4. The van der Waals surface area contributed by atoms with Crippen LogP contribution >= 0.6 is 35.6 Å². The summed E-state index contributed by atoms with van der Waals surface area (Å²) < 4.78 is 0. The Balaban J connectivity index is 0.00000196. The molecule has 0 fully saturated rings. The molecule has 0 radical (unpaired) electrons. The fourth-order valence-corrected chi connectivity index (χ4v) is 1.61. The molecule has 1 rings (SSSR count). The summed E-state index contributed by atoms with van der Waals surface area (Å²) in [7, 11) is 0. The van der Waals surface area contributed by atoms with Crippen molar-refractivity contribution in [3.8, 4) is 0 Å². The van der Waals surface area contributed by atoms with Crippen molar-refractivity contribution >= 4 is 41.3 Å². The monoisotopic (exact) mass is 268 g/mol. The molecule has 1 aromatic rings. The van der Waals surface area contributed by atoms with Crippen LogP contribution < -0.4 is 10.6 Å². The van der Waals surface area contributed by atoms with E-state index in [1.54, 1.807) is 0 Å². The Hall–Kier alpha value is -0.150. The number of benzene rings is 1. The second kappa shape index (κ2) is 8.05. The van der Waals surface area contributed by atoms with Crippen molar-refractivity contribution in [3.05, 3.63) is 29.3 Å². The molecule has 2 nitrogen and oxygen atoms in total. The molecule has 0 saturated heterocycles. The minimum Gasteiger partial charge on any atom is -0.369 e. The minimum atomic E-state index is 0. The van der Waals surface area contributed by atoms with Gasteiger partial charge in [0.1, 0.15) is 0 Å². The Morgan fingerprint density at radius 2 is 1.73 bits per heavy atom. The van der Waals surface area contributed by atoms with Gasteiger partial charge in [0.15, 0.2) is 0 Å². The van der Waals surface area contributed by atoms with Crippen molar-refractivity contribution in [2.75, 3.05) is 30.4 Å². The lowest BCUT2D eigenvalue weighted by atomic mass is 10.3. The van der Waals surface area contributed by atoms with Gasteiger partial charge in [-0.2, -0.15) is 0 Å². The number of nitrogens with zero attached hydrogens (tertiary/aromatic N) is 1. The second-order valence-electron chi connectivity index (χ2n) is 2.94. The molecular weight excluding hydrogens is 254 g/mol. The van der Waals surface area contributed by atoms with Gasteiger partial charge < -0.3 is 10.6 Å². The molecule has 86 valence electrons. The van der Waals surface area contributed by atoms with Crippen LogP contribution in [0.2, 0.25) is 5.02 Å². The first-order chi connectivity index (χ1) is 6.77. The van der Waals surface area contributed by atoms with Gasteiger partial charge in [-0.15, -0.1) is 24.0 Å². The summed E-state index contributed by atoms with van der Waals surface area (Å²) in [6, 6.07) is 7.69. The van der Waals surface area contributed by atoms with Crippen LogP contribution in [0.25, 0.3) is 0 Å². The topological polar surface area (TPSA) is 29.3 Å². The molecule has 0 aliphatic heterocycles. The van der Waals surface area contributed by atoms with Crippen LogP contribution in [0.3, 0.4) is 0 Å². The van der Waals surface area contributed by atoms with E-state index in [1.807, 2.05) is 24.3 Å². The molecule has 0 unspecified atom stereocenters. The molecule has 0 heterocycles. The highest BCUT2D eigenvalue weighted by Gasteiger charge is 2.03. The fourth-order valence-electron chi connectivity index (χ4n) is 1.28. The largest absolute Gasteiger partial charge is 0.369 e. The Kier molecular flexibility index (Phi) is 7.97. The van der Waals surface area contributed by atoms with E-state index in [-0.39, 0.29) is 12.4 Å². The molecule has 0 amide bonds. The lowest BCUT2D eigenvalue weighted by molar-refractivity contribution is 0.820. The van der Waals surface area contributed by atoms with E-state index in [4.69, 9.17) is 28.9 Å². The molecule has 0 aliphatic carbocycles. The molecule has 5 heteroatoms. The molecule has 0 bridgehead atoms. The molecule has 0 aromatic heterocycles. The molecule has 0 atom stereocenters. The predicted molar refractivity (Wildman–Crippen MR) is 70.7 cm³/mol. The van der Waals surface area contributed by atoms with Crippen LogP contribution in [-0.4, -0.2) is 25.5 Å². The van der Waals surface area contributed by atoms with Crippen LogP contribution in [0.1, 0.15) is 0 Å². The SMILES string of the molecule is Cl.NCCN(CCCl)c1ccc(Cl)cc1. The van der Waals surface area contributed by atoms with E-state index in [0.29, 0.717) is 12.4 Å². The van der Waals surface area contributed by atoms with Crippen molar-refractivity contribution in [2.45, 2.75) is 0 Å². The first-order valence-electron chi connectivity index (χ1n) is 4.54. The smallest absolute Gasteiger partial charge is 0.0407 e. The molecule has 0 spiro atoms.